The van der Waals surface area contributed by atoms with E-state index in [2.05, 4.69) is 9.97 Å². The highest BCUT2D eigenvalue weighted by Crippen LogP contribution is 2.45. The van der Waals surface area contributed by atoms with Crippen molar-refractivity contribution < 1.29 is 13.2 Å². The zero-order chi connectivity index (χ0) is 18.6. The molecule has 1 spiro atoms. The highest BCUT2D eigenvalue weighted by atomic mass is 32.2. The quantitative estimate of drug-likeness (QED) is 0.793. The number of aryl methyl sites for hydroxylation is 1. The summed E-state index contributed by atoms with van der Waals surface area (Å²) in [6, 6.07) is 0. The van der Waals surface area contributed by atoms with Gasteiger partial charge in [-0.2, -0.15) is 4.31 Å². The van der Waals surface area contributed by atoms with Gasteiger partial charge in [-0.25, -0.2) is 23.4 Å². The molecular weight excluding hydrogens is 366 g/mol. The van der Waals surface area contributed by atoms with Crippen LogP contribution in [0.4, 0.5) is 0 Å². The van der Waals surface area contributed by atoms with E-state index in [1.54, 1.807) is 11.6 Å². The fourth-order valence-corrected chi connectivity index (χ4v) is 5.88. The van der Waals surface area contributed by atoms with E-state index >= 15 is 0 Å². The van der Waals surface area contributed by atoms with Gasteiger partial charge in [0.15, 0.2) is 5.03 Å². The van der Waals surface area contributed by atoms with Crippen LogP contribution < -0.4 is 0 Å². The number of nitrogens with zero attached hydrogens (tertiary/aromatic N) is 5. The molecule has 1 aliphatic carbocycles. The second-order valence-corrected chi connectivity index (χ2v) is 9.74. The Kier molecular flexibility index (Phi) is 3.89. The van der Waals surface area contributed by atoms with Crippen LogP contribution in [0.25, 0.3) is 0 Å². The van der Waals surface area contributed by atoms with Gasteiger partial charge in [0, 0.05) is 44.0 Å². The Bertz CT molecular complexity index is 975. The van der Waals surface area contributed by atoms with Gasteiger partial charge in [-0.05, 0) is 12.8 Å². The minimum Gasteiger partial charge on any atom is -0.361 e. The standard InChI is InChI=1S/C18H23N5O3S/c1-22-8-16(20-12-22)27(24,25)23-10-18(11-23)14-7-19-17(21-15(14)9-26-18)13-5-3-2-4-6-13/h7-8,12-13H,2-6,9-11H2,1H3. The smallest absolute Gasteiger partial charge is 0.262 e. The molecule has 0 bridgehead atoms. The van der Waals surface area contributed by atoms with Crippen molar-refractivity contribution in [2.24, 2.45) is 7.05 Å². The van der Waals surface area contributed by atoms with Gasteiger partial charge < -0.3 is 9.30 Å². The lowest BCUT2D eigenvalue weighted by atomic mass is 9.87. The lowest BCUT2D eigenvalue weighted by Gasteiger charge is -2.45. The molecule has 2 fully saturated rings. The van der Waals surface area contributed by atoms with Crippen molar-refractivity contribution in [3.8, 4) is 0 Å². The molecule has 0 aromatic carbocycles. The minimum absolute atomic E-state index is 0.0713. The Balaban J connectivity index is 1.36. The molecule has 0 atom stereocenters. The van der Waals surface area contributed by atoms with Crippen molar-refractivity contribution in [2.45, 2.75) is 55.3 Å². The second-order valence-electron chi connectivity index (χ2n) is 7.86. The van der Waals surface area contributed by atoms with E-state index in [9.17, 15) is 8.42 Å². The van der Waals surface area contributed by atoms with Crippen LogP contribution in [-0.2, 0) is 34.0 Å². The third-order valence-corrected chi connectivity index (χ3v) is 7.66. The number of hydrogen-bond acceptors (Lipinski definition) is 6. The molecule has 8 nitrogen and oxygen atoms in total. The fraction of sp³-hybridized carbons (Fsp3) is 0.611. The summed E-state index contributed by atoms with van der Waals surface area (Å²) in [5.74, 6) is 1.37. The molecule has 0 radical (unpaired) electrons. The molecular formula is C18H23N5O3S. The topological polar surface area (TPSA) is 90.2 Å². The van der Waals surface area contributed by atoms with Crippen molar-refractivity contribution in [3.05, 3.63) is 35.8 Å². The number of aromatic nitrogens is 4. The summed E-state index contributed by atoms with van der Waals surface area (Å²) in [7, 11) is -1.84. The summed E-state index contributed by atoms with van der Waals surface area (Å²) in [5, 5.41) is 0.0713. The molecule has 0 amide bonds. The summed E-state index contributed by atoms with van der Waals surface area (Å²) < 4.78 is 34.5. The molecule has 2 aliphatic heterocycles. The van der Waals surface area contributed by atoms with Gasteiger partial charge in [0.25, 0.3) is 10.0 Å². The van der Waals surface area contributed by atoms with Gasteiger partial charge in [-0.3, -0.25) is 0 Å². The number of imidazole rings is 1. The van der Waals surface area contributed by atoms with Crippen LogP contribution in [0.3, 0.4) is 0 Å². The second kappa shape index (κ2) is 6.08. The van der Waals surface area contributed by atoms with Gasteiger partial charge in [0.1, 0.15) is 11.4 Å². The number of rotatable bonds is 3. The van der Waals surface area contributed by atoms with Gasteiger partial charge >= 0.3 is 0 Å². The number of hydrogen-bond donors (Lipinski definition) is 0. The average molecular weight is 389 g/mol. The van der Waals surface area contributed by atoms with Crippen molar-refractivity contribution in [1.29, 1.82) is 0 Å². The predicted molar refractivity (Wildman–Crippen MR) is 96.3 cm³/mol. The van der Waals surface area contributed by atoms with Crippen molar-refractivity contribution in [3.63, 3.8) is 0 Å². The van der Waals surface area contributed by atoms with Crippen LogP contribution in [0.2, 0.25) is 0 Å². The first-order valence-electron chi connectivity index (χ1n) is 9.46. The van der Waals surface area contributed by atoms with Crippen molar-refractivity contribution >= 4 is 10.0 Å². The van der Waals surface area contributed by atoms with E-state index < -0.39 is 15.6 Å². The summed E-state index contributed by atoms with van der Waals surface area (Å²) in [4.78, 5) is 13.4. The summed E-state index contributed by atoms with van der Waals surface area (Å²) in [5.41, 5.74) is 1.25. The highest BCUT2D eigenvalue weighted by Gasteiger charge is 2.55. The Morgan fingerprint density at radius 3 is 2.67 bits per heavy atom. The van der Waals surface area contributed by atoms with E-state index in [0.29, 0.717) is 12.5 Å². The molecule has 4 heterocycles. The third-order valence-electron chi connectivity index (χ3n) is 5.98. The van der Waals surface area contributed by atoms with Crippen LogP contribution in [0, 0.1) is 0 Å². The predicted octanol–water partition coefficient (Wildman–Crippen LogP) is 1.69. The molecule has 1 saturated carbocycles. The Labute approximate surface area is 158 Å². The first-order chi connectivity index (χ1) is 13.0. The molecule has 9 heteroatoms. The monoisotopic (exact) mass is 389 g/mol. The van der Waals surface area contributed by atoms with E-state index in [-0.39, 0.29) is 18.1 Å². The molecule has 2 aromatic heterocycles. The zero-order valence-corrected chi connectivity index (χ0v) is 16.2. The molecule has 3 aliphatic rings. The Morgan fingerprint density at radius 1 is 1.19 bits per heavy atom. The first kappa shape index (κ1) is 17.3. The van der Waals surface area contributed by atoms with E-state index in [1.165, 1.54) is 36.1 Å². The Hall–Kier alpha value is -1.84. The third kappa shape index (κ3) is 2.71. The van der Waals surface area contributed by atoms with Crippen molar-refractivity contribution in [2.75, 3.05) is 13.1 Å². The SMILES string of the molecule is Cn1cnc(S(=O)(=O)N2CC3(C2)OCc2nc(C4CCCCC4)ncc23)c1. The van der Waals surface area contributed by atoms with E-state index in [4.69, 9.17) is 9.72 Å². The van der Waals surface area contributed by atoms with Gasteiger partial charge in [0.2, 0.25) is 0 Å². The highest BCUT2D eigenvalue weighted by molar-refractivity contribution is 7.89. The minimum atomic E-state index is -3.59. The molecule has 144 valence electrons. The van der Waals surface area contributed by atoms with E-state index in [1.807, 2.05) is 6.20 Å². The largest absolute Gasteiger partial charge is 0.361 e. The zero-order valence-electron chi connectivity index (χ0n) is 15.3. The fourth-order valence-electron chi connectivity index (χ4n) is 4.37. The molecule has 5 rings (SSSR count). The van der Waals surface area contributed by atoms with Crippen LogP contribution in [0.5, 0.6) is 0 Å². The van der Waals surface area contributed by atoms with Gasteiger partial charge in [0.05, 0.1) is 18.6 Å². The number of sulfonamides is 1. The summed E-state index contributed by atoms with van der Waals surface area (Å²) >= 11 is 0. The molecule has 2 aromatic rings. The molecule has 1 saturated heterocycles. The maximum Gasteiger partial charge on any atom is 0.262 e. The van der Waals surface area contributed by atoms with Crippen molar-refractivity contribution in [1.82, 2.24) is 23.8 Å². The Morgan fingerprint density at radius 2 is 1.96 bits per heavy atom. The molecule has 27 heavy (non-hydrogen) atoms. The summed E-state index contributed by atoms with van der Waals surface area (Å²) in [6.45, 7) is 0.991. The van der Waals surface area contributed by atoms with Crippen LogP contribution in [0.1, 0.15) is 55.1 Å². The number of fused-ring (bicyclic) bond motifs is 2. The lowest BCUT2D eigenvalue weighted by molar-refractivity contribution is -0.112. The van der Waals surface area contributed by atoms with Gasteiger partial charge in [-0.15, -0.1) is 0 Å². The van der Waals surface area contributed by atoms with E-state index in [0.717, 1.165) is 29.9 Å². The summed E-state index contributed by atoms with van der Waals surface area (Å²) in [6.07, 6.45) is 11.0. The van der Waals surface area contributed by atoms with Crippen LogP contribution in [-0.4, -0.2) is 45.3 Å². The van der Waals surface area contributed by atoms with Crippen LogP contribution >= 0.6 is 0 Å². The molecule has 0 N–H and O–H groups in total. The average Bonchev–Trinajstić information content (AvgIpc) is 3.25. The molecule has 0 unspecified atom stereocenters. The maximum atomic E-state index is 12.7. The lowest BCUT2D eigenvalue weighted by Crippen LogP contribution is -2.61. The van der Waals surface area contributed by atoms with Crippen LogP contribution in [0.15, 0.2) is 23.7 Å². The number of ether oxygens (including phenoxy) is 1. The van der Waals surface area contributed by atoms with Gasteiger partial charge in [-0.1, -0.05) is 19.3 Å². The first-order valence-corrected chi connectivity index (χ1v) is 10.9. The normalized spacial score (nSPS) is 22.7. The maximum absolute atomic E-state index is 12.7.